The fraction of sp³-hybridized carbons (Fsp3) is 0.714. The van der Waals surface area contributed by atoms with Crippen molar-refractivity contribution in [3.05, 3.63) is 0 Å². The second-order valence-electron chi connectivity index (χ2n) is 2.36. The zero-order valence-electron chi connectivity index (χ0n) is 6.82. The lowest BCUT2D eigenvalue weighted by molar-refractivity contribution is -0.154. The maximum absolute atomic E-state index is 10.3. The normalized spacial score (nSPS) is 10.2. The van der Waals surface area contributed by atoms with Gasteiger partial charge in [-0.25, -0.2) is 0 Å². The summed E-state index contributed by atoms with van der Waals surface area (Å²) in [6.07, 6.45) is 0.554. The lowest BCUT2D eigenvalue weighted by Crippen LogP contribution is -2.23. The van der Waals surface area contributed by atoms with Crippen molar-refractivity contribution < 1.29 is 24.5 Å². The summed E-state index contributed by atoms with van der Waals surface area (Å²) >= 11 is 0. The number of hydrogen-bond acceptors (Lipinski definition) is 3. The highest BCUT2D eigenvalue weighted by molar-refractivity contribution is 5.92. The van der Waals surface area contributed by atoms with Crippen LogP contribution in [0, 0.1) is 5.92 Å². The molecular formula is C7H12O5. The van der Waals surface area contributed by atoms with Gasteiger partial charge in [0.15, 0.2) is 5.92 Å². The maximum Gasteiger partial charge on any atom is 0.317 e. The summed E-state index contributed by atoms with van der Waals surface area (Å²) in [5, 5.41) is 16.8. The van der Waals surface area contributed by atoms with E-state index in [0.29, 0.717) is 13.0 Å². The molecule has 0 amide bonds. The fourth-order valence-electron chi connectivity index (χ4n) is 0.784. The predicted octanol–water partition coefficient (Wildman–Crippen LogP) is 0.198. The summed E-state index contributed by atoms with van der Waals surface area (Å²) in [6.45, 7) is 0.386. The van der Waals surface area contributed by atoms with Gasteiger partial charge in [0, 0.05) is 13.7 Å². The van der Waals surface area contributed by atoms with E-state index in [1.165, 1.54) is 7.11 Å². The Hall–Kier alpha value is -1.10. The molecule has 0 heterocycles. The highest BCUT2D eigenvalue weighted by Gasteiger charge is 2.24. The van der Waals surface area contributed by atoms with Gasteiger partial charge in [0.1, 0.15) is 0 Å². The van der Waals surface area contributed by atoms with Crippen LogP contribution in [-0.4, -0.2) is 35.9 Å². The third kappa shape index (κ3) is 3.92. The topological polar surface area (TPSA) is 83.8 Å². The minimum atomic E-state index is -1.31. The third-order valence-electron chi connectivity index (χ3n) is 1.44. The van der Waals surface area contributed by atoms with Crippen LogP contribution < -0.4 is 0 Å². The summed E-state index contributed by atoms with van der Waals surface area (Å²) in [6, 6.07) is 0. The Kier molecular flexibility index (Phi) is 5.03. The van der Waals surface area contributed by atoms with Gasteiger partial charge >= 0.3 is 11.9 Å². The summed E-state index contributed by atoms with van der Waals surface area (Å²) < 4.78 is 4.67. The first-order valence-corrected chi connectivity index (χ1v) is 3.54. The van der Waals surface area contributed by atoms with E-state index in [0.717, 1.165) is 0 Å². The van der Waals surface area contributed by atoms with E-state index in [9.17, 15) is 9.59 Å². The van der Waals surface area contributed by atoms with Crippen molar-refractivity contribution in [3.8, 4) is 0 Å². The molecule has 0 aliphatic rings. The lowest BCUT2D eigenvalue weighted by atomic mass is 10.0. The van der Waals surface area contributed by atoms with Gasteiger partial charge in [-0.1, -0.05) is 0 Å². The molecule has 0 unspecified atom stereocenters. The van der Waals surface area contributed by atoms with Crippen LogP contribution in [-0.2, 0) is 14.3 Å². The largest absolute Gasteiger partial charge is 0.481 e. The number of hydrogen-bond donors (Lipinski definition) is 2. The Balaban J connectivity index is 3.80. The number of carboxylic acid groups (broad SMARTS) is 2. The summed E-state index contributed by atoms with van der Waals surface area (Å²) in [5.74, 6) is -3.89. The van der Waals surface area contributed by atoms with Crippen molar-refractivity contribution >= 4 is 11.9 Å². The maximum atomic E-state index is 10.3. The van der Waals surface area contributed by atoms with Crippen LogP contribution in [0.5, 0.6) is 0 Å². The number of rotatable bonds is 6. The van der Waals surface area contributed by atoms with Crippen molar-refractivity contribution in [1.82, 2.24) is 0 Å². The highest BCUT2D eigenvalue weighted by Crippen LogP contribution is 2.06. The van der Waals surface area contributed by atoms with Gasteiger partial charge in [-0.15, -0.1) is 0 Å². The summed E-state index contributed by atoms with van der Waals surface area (Å²) in [7, 11) is 1.48. The van der Waals surface area contributed by atoms with Crippen LogP contribution in [0.1, 0.15) is 12.8 Å². The smallest absolute Gasteiger partial charge is 0.317 e. The van der Waals surface area contributed by atoms with E-state index < -0.39 is 17.9 Å². The Bertz CT molecular complexity index is 151. The number of methoxy groups -OCH3 is 1. The van der Waals surface area contributed by atoms with Gasteiger partial charge in [-0.3, -0.25) is 9.59 Å². The number of carboxylic acids is 2. The average Bonchev–Trinajstić information content (AvgIpc) is 1.96. The van der Waals surface area contributed by atoms with Crippen molar-refractivity contribution in [2.45, 2.75) is 12.8 Å². The summed E-state index contributed by atoms with van der Waals surface area (Å²) in [4.78, 5) is 20.6. The van der Waals surface area contributed by atoms with Crippen LogP contribution >= 0.6 is 0 Å². The molecule has 0 rings (SSSR count). The molecule has 12 heavy (non-hydrogen) atoms. The van der Waals surface area contributed by atoms with E-state index in [2.05, 4.69) is 4.74 Å². The highest BCUT2D eigenvalue weighted by atomic mass is 16.5. The van der Waals surface area contributed by atoms with Crippen LogP contribution in [0.15, 0.2) is 0 Å². The third-order valence-corrected chi connectivity index (χ3v) is 1.44. The molecular weight excluding hydrogens is 164 g/mol. The molecule has 0 radical (unpaired) electrons. The second kappa shape index (κ2) is 5.54. The van der Waals surface area contributed by atoms with Gasteiger partial charge in [0.2, 0.25) is 0 Å². The standard InChI is InChI=1S/C7H12O5/c1-12-4-2-3-5(6(8)9)7(10)11/h5H,2-4H2,1H3,(H,8,9)(H,10,11). The van der Waals surface area contributed by atoms with Crippen LogP contribution in [0.25, 0.3) is 0 Å². The van der Waals surface area contributed by atoms with Gasteiger partial charge < -0.3 is 14.9 Å². The minimum Gasteiger partial charge on any atom is -0.481 e. The first kappa shape index (κ1) is 10.9. The lowest BCUT2D eigenvalue weighted by Gasteiger charge is -2.05. The molecule has 0 aromatic carbocycles. The molecule has 0 saturated heterocycles. The Morgan fingerprint density at radius 1 is 1.33 bits per heavy atom. The van der Waals surface area contributed by atoms with E-state index in [4.69, 9.17) is 10.2 Å². The van der Waals surface area contributed by atoms with Crippen LogP contribution in [0.3, 0.4) is 0 Å². The zero-order chi connectivity index (χ0) is 9.56. The van der Waals surface area contributed by atoms with Gasteiger partial charge in [0.05, 0.1) is 0 Å². The zero-order valence-corrected chi connectivity index (χ0v) is 6.82. The molecule has 5 nitrogen and oxygen atoms in total. The molecule has 0 aromatic heterocycles. The van der Waals surface area contributed by atoms with Crippen molar-refractivity contribution in [3.63, 3.8) is 0 Å². The Morgan fingerprint density at radius 3 is 2.17 bits per heavy atom. The first-order chi connectivity index (χ1) is 5.59. The van der Waals surface area contributed by atoms with E-state index >= 15 is 0 Å². The SMILES string of the molecule is COCCCC(C(=O)O)C(=O)O. The molecule has 5 heteroatoms. The van der Waals surface area contributed by atoms with E-state index in [1.807, 2.05) is 0 Å². The monoisotopic (exact) mass is 176 g/mol. The second-order valence-corrected chi connectivity index (χ2v) is 2.36. The molecule has 0 aromatic rings. The van der Waals surface area contributed by atoms with Gasteiger partial charge in [0.25, 0.3) is 0 Å². The summed E-state index contributed by atoms with van der Waals surface area (Å²) in [5.41, 5.74) is 0. The average molecular weight is 176 g/mol. The predicted molar refractivity (Wildman–Crippen MR) is 39.9 cm³/mol. The van der Waals surface area contributed by atoms with Gasteiger partial charge in [-0.05, 0) is 12.8 Å². The molecule has 0 spiro atoms. The molecule has 0 atom stereocenters. The number of ether oxygens (including phenoxy) is 1. The molecule has 0 bridgehead atoms. The quantitative estimate of drug-likeness (QED) is 0.446. The van der Waals surface area contributed by atoms with Crippen LogP contribution in [0.2, 0.25) is 0 Å². The van der Waals surface area contributed by atoms with Crippen molar-refractivity contribution in [2.75, 3.05) is 13.7 Å². The van der Waals surface area contributed by atoms with Crippen LogP contribution in [0.4, 0.5) is 0 Å². The molecule has 0 fully saturated rings. The van der Waals surface area contributed by atoms with E-state index in [1.54, 1.807) is 0 Å². The molecule has 70 valence electrons. The van der Waals surface area contributed by atoms with Gasteiger partial charge in [-0.2, -0.15) is 0 Å². The Morgan fingerprint density at radius 2 is 1.83 bits per heavy atom. The number of carbonyl (C=O) groups is 2. The van der Waals surface area contributed by atoms with Crippen molar-refractivity contribution in [2.24, 2.45) is 5.92 Å². The van der Waals surface area contributed by atoms with Crippen molar-refractivity contribution in [1.29, 1.82) is 0 Å². The molecule has 0 aliphatic carbocycles. The fourth-order valence-corrected chi connectivity index (χ4v) is 0.784. The molecule has 2 N–H and O–H groups in total. The van der Waals surface area contributed by atoms with E-state index in [-0.39, 0.29) is 6.42 Å². The minimum absolute atomic E-state index is 0.110. The Labute approximate surface area is 70.0 Å². The number of aliphatic carboxylic acids is 2. The molecule has 0 aliphatic heterocycles. The first-order valence-electron chi connectivity index (χ1n) is 3.54. The molecule has 0 saturated carbocycles.